The fourth-order valence-corrected chi connectivity index (χ4v) is 2.62. The van der Waals surface area contributed by atoms with Crippen molar-refractivity contribution in [1.82, 2.24) is 5.32 Å². The summed E-state index contributed by atoms with van der Waals surface area (Å²) in [5.74, 6) is -0.219. The summed E-state index contributed by atoms with van der Waals surface area (Å²) in [5.41, 5.74) is 0. The Labute approximate surface area is 104 Å². The minimum absolute atomic E-state index is 0.229. The van der Waals surface area contributed by atoms with Gasteiger partial charge in [-0.05, 0) is 25.7 Å². The van der Waals surface area contributed by atoms with E-state index in [1.807, 2.05) is 0 Å². The maximum atomic E-state index is 11.0. The summed E-state index contributed by atoms with van der Waals surface area (Å²) >= 11 is 0. The fourth-order valence-electron chi connectivity index (χ4n) is 2.62. The van der Waals surface area contributed by atoms with E-state index in [0.29, 0.717) is 5.92 Å². The Hall–Kier alpha value is -0.610. The first-order chi connectivity index (χ1) is 8.15. The molecule has 0 spiro atoms. The summed E-state index contributed by atoms with van der Waals surface area (Å²) in [6.07, 6.45) is 7.63. The Morgan fingerprint density at radius 2 is 1.94 bits per heavy atom. The molecule has 4 heteroatoms. The van der Waals surface area contributed by atoms with Crippen molar-refractivity contribution in [2.24, 2.45) is 5.92 Å². The summed E-state index contributed by atoms with van der Waals surface area (Å²) in [4.78, 5) is 11.0. The van der Waals surface area contributed by atoms with Crippen molar-refractivity contribution in [3.05, 3.63) is 0 Å². The first kappa shape index (κ1) is 14.5. The Morgan fingerprint density at radius 3 is 2.41 bits per heavy atom. The van der Waals surface area contributed by atoms with Gasteiger partial charge >= 0.3 is 5.97 Å². The molecular formula is C13H25NO3. The average molecular weight is 243 g/mol. The van der Waals surface area contributed by atoms with Crippen molar-refractivity contribution < 1.29 is 14.6 Å². The number of carbonyl (C=O) groups is 1. The van der Waals surface area contributed by atoms with Gasteiger partial charge in [-0.1, -0.05) is 25.7 Å². The molecule has 0 aromatic carbocycles. The quantitative estimate of drug-likeness (QED) is 0.701. The molecule has 0 radical (unpaired) electrons. The molecule has 0 bridgehead atoms. The van der Waals surface area contributed by atoms with E-state index >= 15 is 0 Å². The molecule has 0 aliphatic heterocycles. The van der Waals surface area contributed by atoms with Crippen LogP contribution in [0.4, 0.5) is 0 Å². The maximum absolute atomic E-state index is 11.0. The molecule has 2 N–H and O–H groups in total. The molecule has 1 unspecified atom stereocenters. The highest BCUT2D eigenvalue weighted by atomic mass is 16.5. The van der Waals surface area contributed by atoms with Gasteiger partial charge in [-0.2, -0.15) is 0 Å². The smallest absolute Gasteiger partial charge is 0.323 e. The molecule has 4 nitrogen and oxygen atoms in total. The van der Waals surface area contributed by atoms with Crippen LogP contribution in [0, 0.1) is 5.92 Å². The van der Waals surface area contributed by atoms with E-state index in [1.54, 1.807) is 0 Å². The maximum Gasteiger partial charge on any atom is 0.323 e. The van der Waals surface area contributed by atoms with E-state index in [4.69, 9.17) is 9.84 Å². The summed E-state index contributed by atoms with van der Waals surface area (Å²) in [6.45, 7) is 2.33. The van der Waals surface area contributed by atoms with Crippen molar-refractivity contribution in [3.63, 3.8) is 0 Å². The van der Waals surface area contributed by atoms with Crippen molar-refractivity contribution in [1.29, 1.82) is 0 Å². The number of carboxylic acid groups (broad SMARTS) is 1. The highest BCUT2D eigenvalue weighted by molar-refractivity contribution is 5.73. The number of ether oxygens (including phenoxy) is 1. The van der Waals surface area contributed by atoms with Gasteiger partial charge in [0, 0.05) is 13.2 Å². The van der Waals surface area contributed by atoms with Gasteiger partial charge in [-0.15, -0.1) is 0 Å². The molecule has 1 rings (SSSR count). The summed E-state index contributed by atoms with van der Waals surface area (Å²) < 4.78 is 4.93. The van der Waals surface area contributed by atoms with E-state index in [-0.39, 0.29) is 12.6 Å². The van der Waals surface area contributed by atoms with Crippen LogP contribution in [0.3, 0.4) is 0 Å². The highest BCUT2D eigenvalue weighted by Gasteiger charge is 2.24. The standard InChI is InChI=1S/C13H25NO3/c1-10(11-7-5-3-4-6-8-11)14-12(9-17-2)13(15)16/h10-12,14H,3-9H2,1-2H3,(H,15,16)/t10-,12?/m1/s1. The van der Waals surface area contributed by atoms with Gasteiger partial charge in [0.25, 0.3) is 0 Å². The van der Waals surface area contributed by atoms with Gasteiger partial charge in [-0.25, -0.2) is 0 Å². The molecule has 0 amide bonds. The third kappa shape index (κ3) is 5.04. The minimum Gasteiger partial charge on any atom is -0.480 e. The lowest BCUT2D eigenvalue weighted by atomic mass is 9.92. The molecular weight excluding hydrogens is 218 g/mol. The Balaban J connectivity index is 2.43. The number of rotatable bonds is 6. The molecule has 1 aliphatic carbocycles. The van der Waals surface area contributed by atoms with E-state index in [9.17, 15) is 4.79 Å². The van der Waals surface area contributed by atoms with Gasteiger partial charge in [0.05, 0.1) is 6.61 Å². The molecule has 0 aromatic heterocycles. The molecule has 1 fully saturated rings. The highest BCUT2D eigenvalue weighted by Crippen LogP contribution is 2.25. The summed E-state index contributed by atoms with van der Waals surface area (Å²) in [7, 11) is 1.54. The third-order valence-electron chi connectivity index (χ3n) is 3.70. The second-order valence-corrected chi connectivity index (χ2v) is 5.05. The van der Waals surface area contributed by atoms with E-state index in [0.717, 1.165) is 0 Å². The molecule has 100 valence electrons. The lowest BCUT2D eigenvalue weighted by Crippen LogP contribution is -2.47. The van der Waals surface area contributed by atoms with Crippen LogP contribution in [0.15, 0.2) is 0 Å². The molecule has 1 saturated carbocycles. The topological polar surface area (TPSA) is 58.6 Å². The van der Waals surface area contributed by atoms with Crippen molar-refractivity contribution in [2.75, 3.05) is 13.7 Å². The molecule has 17 heavy (non-hydrogen) atoms. The van der Waals surface area contributed by atoms with Crippen LogP contribution < -0.4 is 5.32 Å². The van der Waals surface area contributed by atoms with Crippen LogP contribution in [0.1, 0.15) is 45.4 Å². The van der Waals surface area contributed by atoms with Crippen LogP contribution in [-0.2, 0) is 9.53 Å². The minimum atomic E-state index is -0.827. The normalized spacial score (nSPS) is 21.8. The number of nitrogens with one attached hydrogen (secondary N) is 1. The lowest BCUT2D eigenvalue weighted by Gasteiger charge is -2.26. The zero-order valence-electron chi connectivity index (χ0n) is 10.9. The molecule has 1 aliphatic rings. The van der Waals surface area contributed by atoms with Crippen LogP contribution >= 0.6 is 0 Å². The van der Waals surface area contributed by atoms with Crippen molar-refractivity contribution >= 4 is 5.97 Å². The second-order valence-electron chi connectivity index (χ2n) is 5.05. The predicted molar refractivity (Wildman–Crippen MR) is 67.1 cm³/mol. The summed E-state index contributed by atoms with van der Waals surface area (Å²) in [6, 6.07) is -0.331. The van der Waals surface area contributed by atoms with E-state index < -0.39 is 12.0 Å². The van der Waals surface area contributed by atoms with Gasteiger partial charge in [0.1, 0.15) is 6.04 Å². The predicted octanol–water partition coefficient (Wildman–Crippen LogP) is 2.03. The average Bonchev–Trinajstić information content (AvgIpc) is 2.56. The van der Waals surface area contributed by atoms with Crippen LogP contribution in [0.2, 0.25) is 0 Å². The van der Waals surface area contributed by atoms with Crippen LogP contribution in [0.25, 0.3) is 0 Å². The molecule has 0 heterocycles. The zero-order valence-corrected chi connectivity index (χ0v) is 10.9. The largest absolute Gasteiger partial charge is 0.480 e. The monoisotopic (exact) mass is 243 g/mol. The van der Waals surface area contributed by atoms with Gasteiger partial charge in [0.15, 0.2) is 0 Å². The number of carboxylic acids is 1. The first-order valence-corrected chi connectivity index (χ1v) is 6.63. The van der Waals surface area contributed by atoms with Gasteiger partial charge < -0.3 is 9.84 Å². The van der Waals surface area contributed by atoms with Gasteiger partial charge in [-0.3, -0.25) is 10.1 Å². The van der Waals surface area contributed by atoms with Gasteiger partial charge in [0.2, 0.25) is 0 Å². The Kier molecular flexibility index (Phi) is 6.52. The lowest BCUT2D eigenvalue weighted by molar-refractivity contribution is -0.141. The Morgan fingerprint density at radius 1 is 1.35 bits per heavy atom. The third-order valence-corrected chi connectivity index (χ3v) is 3.70. The first-order valence-electron chi connectivity index (χ1n) is 6.63. The van der Waals surface area contributed by atoms with Crippen molar-refractivity contribution in [3.8, 4) is 0 Å². The van der Waals surface area contributed by atoms with Crippen LogP contribution in [0.5, 0.6) is 0 Å². The fraction of sp³-hybridized carbons (Fsp3) is 0.923. The summed E-state index contributed by atoms with van der Waals surface area (Å²) in [5, 5.41) is 12.3. The van der Waals surface area contributed by atoms with E-state index in [1.165, 1.54) is 45.6 Å². The second kappa shape index (κ2) is 7.67. The Bertz CT molecular complexity index is 225. The molecule has 2 atom stereocenters. The number of methoxy groups -OCH3 is 1. The molecule has 0 aromatic rings. The van der Waals surface area contributed by atoms with Crippen molar-refractivity contribution in [2.45, 2.75) is 57.5 Å². The number of hydrogen-bond acceptors (Lipinski definition) is 3. The molecule has 0 saturated heterocycles. The number of hydrogen-bond donors (Lipinski definition) is 2. The van der Waals surface area contributed by atoms with Crippen LogP contribution in [-0.4, -0.2) is 36.9 Å². The van der Waals surface area contributed by atoms with E-state index in [2.05, 4.69) is 12.2 Å². The number of aliphatic carboxylic acids is 1. The zero-order chi connectivity index (χ0) is 12.7. The SMILES string of the molecule is COCC(N[C@H](C)C1CCCCCC1)C(=O)O.